The molecule has 0 unspecified atom stereocenters. The summed E-state index contributed by atoms with van der Waals surface area (Å²) in [6.07, 6.45) is 3.85. The molecule has 0 aliphatic rings. The zero-order valence-electron chi connectivity index (χ0n) is 8.63. The summed E-state index contributed by atoms with van der Waals surface area (Å²) in [5.74, 6) is 0. The lowest BCUT2D eigenvalue weighted by atomic mass is 10.3. The molecule has 0 bridgehead atoms. The lowest BCUT2D eigenvalue weighted by molar-refractivity contribution is 1.21. The van der Waals surface area contributed by atoms with Crippen LogP contribution < -0.4 is 10.6 Å². The Morgan fingerprint density at radius 2 is 2.08 bits per heavy atom. The fourth-order valence-corrected chi connectivity index (χ4v) is 1.27. The molecule has 0 atom stereocenters. The van der Waals surface area contributed by atoms with Gasteiger partial charge in [-0.3, -0.25) is 4.98 Å². The number of pyridine rings is 1. The maximum Gasteiger partial charge on any atom is 0.0796 e. The Morgan fingerprint density at radius 3 is 2.46 bits per heavy atom. The Hall–Kier alpha value is -0.630. The second-order valence-corrected chi connectivity index (χ2v) is 3.45. The number of rotatable bonds is 0. The van der Waals surface area contributed by atoms with Gasteiger partial charge >= 0.3 is 0 Å². The first-order valence-electron chi connectivity index (χ1n) is 4.49. The van der Waals surface area contributed by atoms with E-state index in [4.69, 9.17) is 0 Å². The van der Waals surface area contributed by atoms with Crippen LogP contribution in [-0.2, 0) is 0 Å². The first-order valence-corrected chi connectivity index (χ1v) is 5.29. The van der Waals surface area contributed by atoms with Crippen molar-refractivity contribution < 1.29 is 0 Å². The molecule has 1 rings (SSSR count). The predicted octanol–water partition coefficient (Wildman–Crippen LogP) is 2.43. The van der Waals surface area contributed by atoms with Crippen LogP contribution in [0, 0.1) is 0 Å². The maximum absolute atomic E-state index is 4.23. The molecular formula is C11H16BrN. The molecule has 72 valence electrons. The van der Waals surface area contributed by atoms with Gasteiger partial charge in [0.2, 0.25) is 0 Å². The minimum Gasteiger partial charge on any atom is -0.255 e. The third kappa shape index (κ3) is 3.73. The fourth-order valence-electron chi connectivity index (χ4n) is 0.939. The molecule has 1 aromatic heterocycles. The normalized spacial score (nSPS) is 13.2. The van der Waals surface area contributed by atoms with Gasteiger partial charge in [-0.15, -0.1) is 0 Å². The standard InChI is InChI=1S/C9H10BrN.C2H6/c1-3-8-5-4-6-11-9(8)7(2)10;1-2/h3-6H,1-2H3;1-2H3/b8-3-,9-7-;. The summed E-state index contributed by atoms with van der Waals surface area (Å²) < 4.78 is 1.08. The number of hydrogen-bond acceptors (Lipinski definition) is 1. The van der Waals surface area contributed by atoms with Crippen LogP contribution in [-0.4, -0.2) is 4.98 Å². The van der Waals surface area contributed by atoms with Crippen molar-refractivity contribution in [2.75, 3.05) is 0 Å². The van der Waals surface area contributed by atoms with Crippen LogP contribution in [0.15, 0.2) is 18.3 Å². The molecule has 1 heterocycles. The summed E-state index contributed by atoms with van der Waals surface area (Å²) in [7, 11) is 0. The van der Waals surface area contributed by atoms with Crippen molar-refractivity contribution in [1.82, 2.24) is 4.98 Å². The lowest BCUT2D eigenvalue weighted by Gasteiger charge is -1.89. The molecule has 1 aromatic rings. The molecular weight excluding hydrogens is 226 g/mol. The van der Waals surface area contributed by atoms with Gasteiger partial charge in [-0.1, -0.05) is 41.9 Å². The molecule has 0 saturated carbocycles. The van der Waals surface area contributed by atoms with Crippen molar-refractivity contribution in [1.29, 1.82) is 0 Å². The molecule has 0 aromatic carbocycles. The maximum atomic E-state index is 4.23. The lowest BCUT2D eigenvalue weighted by Crippen LogP contribution is -2.27. The summed E-state index contributed by atoms with van der Waals surface area (Å²) in [5.41, 5.74) is 0. The van der Waals surface area contributed by atoms with Crippen LogP contribution in [0.25, 0.3) is 10.6 Å². The molecule has 0 N–H and O–H groups in total. The smallest absolute Gasteiger partial charge is 0.0796 e. The van der Waals surface area contributed by atoms with Gasteiger partial charge in [0.15, 0.2) is 0 Å². The first-order chi connectivity index (χ1) is 6.25. The van der Waals surface area contributed by atoms with E-state index in [9.17, 15) is 0 Å². The molecule has 13 heavy (non-hydrogen) atoms. The van der Waals surface area contributed by atoms with Crippen LogP contribution in [0.2, 0.25) is 0 Å². The zero-order valence-corrected chi connectivity index (χ0v) is 10.2. The highest BCUT2D eigenvalue weighted by molar-refractivity contribution is 9.14. The summed E-state index contributed by atoms with van der Waals surface area (Å²) >= 11 is 3.41. The third-order valence-electron chi connectivity index (χ3n) is 1.48. The van der Waals surface area contributed by atoms with Gasteiger partial charge < -0.3 is 0 Å². The predicted molar refractivity (Wildman–Crippen MR) is 63.0 cm³/mol. The van der Waals surface area contributed by atoms with Gasteiger partial charge in [-0.25, -0.2) is 0 Å². The molecule has 0 amide bonds. The van der Waals surface area contributed by atoms with Gasteiger partial charge in [0.05, 0.1) is 5.35 Å². The van der Waals surface area contributed by atoms with E-state index in [1.807, 2.05) is 45.9 Å². The molecule has 0 radical (unpaired) electrons. The van der Waals surface area contributed by atoms with E-state index in [-0.39, 0.29) is 0 Å². The highest BCUT2D eigenvalue weighted by Crippen LogP contribution is 1.96. The SMILES string of the molecule is C/C=c1/cccn/c1=C(/C)Br.CC. The minimum atomic E-state index is 1.02. The summed E-state index contributed by atoms with van der Waals surface area (Å²) in [5, 5.41) is 2.19. The van der Waals surface area contributed by atoms with Gasteiger partial charge in [-0.2, -0.15) is 0 Å². The van der Waals surface area contributed by atoms with Crippen molar-refractivity contribution in [3.8, 4) is 0 Å². The van der Waals surface area contributed by atoms with Gasteiger partial charge in [0, 0.05) is 10.7 Å². The van der Waals surface area contributed by atoms with Crippen molar-refractivity contribution in [3.05, 3.63) is 28.9 Å². The van der Waals surface area contributed by atoms with Gasteiger partial charge in [0.25, 0.3) is 0 Å². The molecule has 1 nitrogen and oxygen atoms in total. The molecule has 2 heteroatoms. The van der Waals surface area contributed by atoms with Crippen LogP contribution >= 0.6 is 15.9 Å². The Kier molecular flexibility index (Phi) is 6.51. The van der Waals surface area contributed by atoms with E-state index in [0.717, 1.165) is 9.83 Å². The molecule has 0 fully saturated rings. The van der Waals surface area contributed by atoms with Crippen LogP contribution in [0.5, 0.6) is 0 Å². The zero-order chi connectivity index (χ0) is 10.3. The van der Waals surface area contributed by atoms with Gasteiger partial charge in [-0.05, 0) is 25.1 Å². The van der Waals surface area contributed by atoms with E-state index in [0.29, 0.717) is 0 Å². The second kappa shape index (κ2) is 6.84. The quantitative estimate of drug-likeness (QED) is 0.680. The minimum absolute atomic E-state index is 1.02. The third-order valence-corrected chi connectivity index (χ3v) is 1.85. The van der Waals surface area contributed by atoms with E-state index < -0.39 is 0 Å². The number of nitrogens with zero attached hydrogens (tertiary/aromatic N) is 1. The van der Waals surface area contributed by atoms with Crippen LogP contribution in [0.1, 0.15) is 27.7 Å². The average Bonchev–Trinajstić information content (AvgIpc) is 2.20. The highest BCUT2D eigenvalue weighted by atomic mass is 79.9. The Bertz CT molecular complexity index is 351. The van der Waals surface area contributed by atoms with Crippen molar-refractivity contribution >= 4 is 26.5 Å². The van der Waals surface area contributed by atoms with E-state index in [1.54, 1.807) is 6.20 Å². The molecule has 0 aliphatic carbocycles. The second-order valence-electron chi connectivity index (χ2n) is 2.26. The van der Waals surface area contributed by atoms with Crippen molar-refractivity contribution in [3.63, 3.8) is 0 Å². The summed E-state index contributed by atoms with van der Waals surface area (Å²) in [6.45, 7) is 8.01. The highest BCUT2D eigenvalue weighted by Gasteiger charge is 1.86. The molecule has 0 spiro atoms. The van der Waals surface area contributed by atoms with Crippen LogP contribution in [0.3, 0.4) is 0 Å². The summed E-state index contributed by atoms with van der Waals surface area (Å²) in [6, 6.07) is 3.99. The van der Waals surface area contributed by atoms with Gasteiger partial charge in [0.1, 0.15) is 0 Å². The molecule has 0 aliphatic heterocycles. The average molecular weight is 242 g/mol. The topological polar surface area (TPSA) is 12.9 Å². The van der Waals surface area contributed by atoms with Crippen molar-refractivity contribution in [2.45, 2.75) is 27.7 Å². The monoisotopic (exact) mass is 241 g/mol. The van der Waals surface area contributed by atoms with Crippen LogP contribution in [0.4, 0.5) is 0 Å². The summed E-state index contributed by atoms with van der Waals surface area (Å²) in [4.78, 5) is 4.23. The molecule has 0 saturated heterocycles. The number of aromatic nitrogens is 1. The van der Waals surface area contributed by atoms with E-state index >= 15 is 0 Å². The van der Waals surface area contributed by atoms with E-state index in [1.165, 1.54) is 5.22 Å². The van der Waals surface area contributed by atoms with Crippen molar-refractivity contribution in [2.24, 2.45) is 0 Å². The largest absolute Gasteiger partial charge is 0.255 e. The Balaban J connectivity index is 0.000000671. The first kappa shape index (κ1) is 12.4. The Morgan fingerprint density at radius 1 is 1.46 bits per heavy atom. The number of halogens is 1. The fraction of sp³-hybridized carbons (Fsp3) is 0.364. The Labute approximate surface area is 88.3 Å². The number of hydrogen-bond donors (Lipinski definition) is 0. The van der Waals surface area contributed by atoms with E-state index in [2.05, 4.69) is 20.9 Å².